The van der Waals surface area contributed by atoms with Gasteiger partial charge in [0.05, 0.1) is 6.54 Å². The van der Waals surface area contributed by atoms with Crippen molar-refractivity contribution in [3.8, 4) is 0 Å². The molecule has 0 radical (unpaired) electrons. The van der Waals surface area contributed by atoms with Crippen LogP contribution in [0.4, 0.5) is 5.69 Å². The molecule has 0 aliphatic heterocycles. The third kappa shape index (κ3) is 6.17. The monoisotopic (exact) mass is 312 g/mol. The summed E-state index contributed by atoms with van der Waals surface area (Å²) in [4.78, 5) is 11.7. The molecule has 2 N–H and O–H groups in total. The van der Waals surface area contributed by atoms with Crippen molar-refractivity contribution in [2.24, 2.45) is 0 Å². The van der Waals surface area contributed by atoms with Crippen molar-refractivity contribution in [3.05, 3.63) is 28.7 Å². The Bertz CT molecular complexity index is 365. The molecule has 100 valence electrons. The van der Waals surface area contributed by atoms with Crippen LogP contribution in [0.3, 0.4) is 0 Å². The minimum atomic E-state index is 0.000621. The number of unbranched alkanes of at least 4 members (excludes halogenated alkanes) is 1. The van der Waals surface area contributed by atoms with E-state index in [0.29, 0.717) is 12.6 Å². The lowest BCUT2D eigenvalue weighted by Crippen LogP contribution is -2.34. The van der Waals surface area contributed by atoms with Crippen molar-refractivity contribution in [1.29, 1.82) is 0 Å². The Morgan fingerprint density at radius 2 is 2.00 bits per heavy atom. The summed E-state index contributed by atoms with van der Waals surface area (Å²) in [6, 6.07) is 7.96. The van der Waals surface area contributed by atoms with Crippen LogP contribution in [-0.2, 0) is 4.79 Å². The first-order valence-electron chi connectivity index (χ1n) is 6.40. The second kappa shape index (κ2) is 8.27. The van der Waals surface area contributed by atoms with Crippen LogP contribution in [0, 0.1) is 0 Å². The standard InChI is InChI=1S/C14H21BrN2O/c1-3-4-5-11(2)16-10-14(18)17-13-8-6-12(15)7-9-13/h6-9,11,16H,3-5,10H2,1-2H3,(H,17,18). The van der Waals surface area contributed by atoms with Crippen LogP contribution in [0.1, 0.15) is 33.1 Å². The third-order valence-electron chi connectivity index (χ3n) is 2.73. The van der Waals surface area contributed by atoms with E-state index >= 15 is 0 Å². The molecule has 1 rings (SSSR count). The molecule has 18 heavy (non-hydrogen) atoms. The summed E-state index contributed by atoms with van der Waals surface area (Å²) in [7, 11) is 0. The van der Waals surface area contributed by atoms with Crippen molar-refractivity contribution in [3.63, 3.8) is 0 Å². The van der Waals surface area contributed by atoms with Gasteiger partial charge in [0.1, 0.15) is 0 Å². The molecule has 0 aromatic heterocycles. The maximum absolute atomic E-state index is 11.7. The first kappa shape index (κ1) is 15.2. The molecule has 0 heterocycles. The number of carbonyl (C=O) groups is 1. The zero-order chi connectivity index (χ0) is 13.4. The van der Waals surface area contributed by atoms with Gasteiger partial charge < -0.3 is 10.6 Å². The van der Waals surface area contributed by atoms with Gasteiger partial charge in [-0.05, 0) is 37.6 Å². The molecule has 0 saturated heterocycles. The Kier molecular flexibility index (Phi) is 6.98. The van der Waals surface area contributed by atoms with Crippen molar-refractivity contribution in [2.75, 3.05) is 11.9 Å². The topological polar surface area (TPSA) is 41.1 Å². The van der Waals surface area contributed by atoms with E-state index in [-0.39, 0.29) is 5.91 Å². The summed E-state index contributed by atoms with van der Waals surface area (Å²) >= 11 is 3.36. The molecule has 0 aliphatic carbocycles. The maximum atomic E-state index is 11.7. The Balaban J connectivity index is 2.27. The summed E-state index contributed by atoms with van der Waals surface area (Å²) < 4.78 is 1.01. The van der Waals surface area contributed by atoms with E-state index in [1.165, 1.54) is 12.8 Å². The van der Waals surface area contributed by atoms with E-state index in [1.54, 1.807) is 0 Å². The van der Waals surface area contributed by atoms with Crippen LogP contribution in [0.15, 0.2) is 28.7 Å². The molecule has 0 aliphatic rings. The lowest BCUT2D eigenvalue weighted by molar-refractivity contribution is -0.115. The van der Waals surface area contributed by atoms with Gasteiger partial charge in [-0.1, -0.05) is 35.7 Å². The predicted molar refractivity (Wildman–Crippen MR) is 79.8 cm³/mol. The highest BCUT2D eigenvalue weighted by atomic mass is 79.9. The van der Waals surface area contributed by atoms with Crippen LogP contribution < -0.4 is 10.6 Å². The SMILES string of the molecule is CCCCC(C)NCC(=O)Nc1ccc(Br)cc1. The molecule has 0 spiro atoms. The smallest absolute Gasteiger partial charge is 0.238 e. The van der Waals surface area contributed by atoms with Crippen LogP contribution in [0.2, 0.25) is 0 Å². The predicted octanol–water partition coefficient (Wildman–Crippen LogP) is 3.56. The van der Waals surface area contributed by atoms with E-state index in [9.17, 15) is 4.79 Å². The fraction of sp³-hybridized carbons (Fsp3) is 0.500. The third-order valence-corrected chi connectivity index (χ3v) is 3.26. The number of rotatable bonds is 7. The molecule has 1 unspecified atom stereocenters. The van der Waals surface area contributed by atoms with Crippen LogP contribution in [0.25, 0.3) is 0 Å². The molecular weight excluding hydrogens is 292 g/mol. The molecular formula is C14H21BrN2O. The molecule has 1 aromatic rings. The zero-order valence-electron chi connectivity index (χ0n) is 11.0. The maximum Gasteiger partial charge on any atom is 0.238 e. The lowest BCUT2D eigenvalue weighted by atomic mass is 10.1. The number of carbonyl (C=O) groups excluding carboxylic acids is 1. The average molecular weight is 313 g/mol. The highest BCUT2D eigenvalue weighted by molar-refractivity contribution is 9.10. The van der Waals surface area contributed by atoms with Gasteiger partial charge in [0.2, 0.25) is 5.91 Å². The molecule has 0 bridgehead atoms. The Labute approximate surface area is 117 Å². The molecule has 1 atom stereocenters. The number of nitrogens with one attached hydrogen (secondary N) is 2. The average Bonchev–Trinajstić information content (AvgIpc) is 2.36. The summed E-state index contributed by atoms with van der Waals surface area (Å²) in [5, 5.41) is 6.09. The lowest BCUT2D eigenvalue weighted by Gasteiger charge is -2.13. The second-order valence-electron chi connectivity index (χ2n) is 4.48. The van der Waals surface area contributed by atoms with Crippen LogP contribution in [0.5, 0.6) is 0 Å². The van der Waals surface area contributed by atoms with Crippen molar-refractivity contribution < 1.29 is 4.79 Å². The fourth-order valence-electron chi connectivity index (χ4n) is 1.62. The summed E-state index contributed by atoms with van der Waals surface area (Å²) in [6.07, 6.45) is 3.50. The van der Waals surface area contributed by atoms with Gasteiger partial charge >= 0.3 is 0 Å². The normalized spacial score (nSPS) is 12.2. The Hall–Kier alpha value is -0.870. The Morgan fingerprint density at radius 1 is 1.33 bits per heavy atom. The largest absolute Gasteiger partial charge is 0.325 e. The van der Waals surface area contributed by atoms with Gasteiger partial charge in [0.15, 0.2) is 0 Å². The summed E-state index contributed by atoms with van der Waals surface area (Å²) in [5.41, 5.74) is 0.825. The number of halogens is 1. The second-order valence-corrected chi connectivity index (χ2v) is 5.39. The van der Waals surface area contributed by atoms with Crippen LogP contribution >= 0.6 is 15.9 Å². The van der Waals surface area contributed by atoms with Crippen LogP contribution in [-0.4, -0.2) is 18.5 Å². The molecule has 0 saturated carbocycles. The zero-order valence-corrected chi connectivity index (χ0v) is 12.6. The first-order chi connectivity index (χ1) is 8.61. The van der Waals surface area contributed by atoms with Gasteiger partial charge in [-0.15, -0.1) is 0 Å². The van der Waals surface area contributed by atoms with Gasteiger partial charge in [-0.2, -0.15) is 0 Å². The first-order valence-corrected chi connectivity index (χ1v) is 7.20. The highest BCUT2D eigenvalue weighted by Crippen LogP contribution is 2.13. The van der Waals surface area contributed by atoms with Crippen molar-refractivity contribution in [1.82, 2.24) is 5.32 Å². The number of hydrogen-bond donors (Lipinski definition) is 2. The molecule has 1 aromatic carbocycles. The van der Waals surface area contributed by atoms with E-state index in [1.807, 2.05) is 24.3 Å². The number of benzene rings is 1. The van der Waals surface area contributed by atoms with Gasteiger partial charge in [0.25, 0.3) is 0 Å². The molecule has 3 nitrogen and oxygen atoms in total. The summed E-state index contributed by atoms with van der Waals surface area (Å²) in [5.74, 6) is 0.000621. The van der Waals surface area contributed by atoms with E-state index in [4.69, 9.17) is 0 Å². The quantitative estimate of drug-likeness (QED) is 0.808. The van der Waals surface area contributed by atoms with Gasteiger partial charge in [-0.25, -0.2) is 0 Å². The van der Waals surface area contributed by atoms with Gasteiger partial charge in [0, 0.05) is 16.2 Å². The number of hydrogen-bond acceptors (Lipinski definition) is 2. The van der Waals surface area contributed by atoms with E-state index in [0.717, 1.165) is 16.6 Å². The minimum absolute atomic E-state index is 0.000621. The fourth-order valence-corrected chi connectivity index (χ4v) is 1.88. The molecule has 1 amide bonds. The minimum Gasteiger partial charge on any atom is -0.325 e. The summed E-state index contributed by atoms with van der Waals surface area (Å²) in [6.45, 7) is 4.65. The molecule has 4 heteroatoms. The van der Waals surface area contributed by atoms with Crippen molar-refractivity contribution >= 4 is 27.5 Å². The van der Waals surface area contributed by atoms with E-state index in [2.05, 4.69) is 40.4 Å². The molecule has 0 fully saturated rings. The van der Waals surface area contributed by atoms with E-state index < -0.39 is 0 Å². The van der Waals surface area contributed by atoms with Gasteiger partial charge in [-0.3, -0.25) is 4.79 Å². The number of anilines is 1. The highest BCUT2D eigenvalue weighted by Gasteiger charge is 2.05. The Morgan fingerprint density at radius 3 is 2.61 bits per heavy atom. The number of amides is 1. The van der Waals surface area contributed by atoms with Crippen molar-refractivity contribution in [2.45, 2.75) is 39.2 Å².